The van der Waals surface area contributed by atoms with Gasteiger partial charge in [0, 0.05) is 12.8 Å². The number of anilines is 1. The van der Waals surface area contributed by atoms with Crippen LogP contribution >= 0.6 is 0 Å². The van der Waals surface area contributed by atoms with Gasteiger partial charge in [-0.1, -0.05) is 12.1 Å². The van der Waals surface area contributed by atoms with E-state index >= 15 is 0 Å². The number of ether oxygens (including phenoxy) is 1. The van der Waals surface area contributed by atoms with E-state index in [4.69, 9.17) is 9.84 Å². The maximum atomic E-state index is 11.8. The Kier molecular flexibility index (Phi) is 4.44. The van der Waals surface area contributed by atoms with Gasteiger partial charge >= 0.3 is 5.97 Å². The van der Waals surface area contributed by atoms with E-state index in [1.54, 1.807) is 38.1 Å². The van der Waals surface area contributed by atoms with Gasteiger partial charge < -0.3 is 15.2 Å². The first-order chi connectivity index (χ1) is 8.35. The van der Waals surface area contributed by atoms with E-state index in [1.807, 2.05) is 0 Å². The summed E-state index contributed by atoms with van der Waals surface area (Å²) in [6.45, 7) is 3.34. The van der Waals surface area contributed by atoms with Gasteiger partial charge in [-0.05, 0) is 31.5 Å². The Morgan fingerprint density at radius 1 is 1.28 bits per heavy atom. The van der Waals surface area contributed by atoms with Gasteiger partial charge in [0.2, 0.25) is 0 Å². The Hall–Kier alpha value is -1.88. The highest BCUT2D eigenvalue weighted by molar-refractivity contribution is 5.96. The molecule has 0 saturated carbocycles. The summed E-state index contributed by atoms with van der Waals surface area (Å²) < 4.78 is 5.06. The van der Waals surface area contributed by atoms with Crippen LogP contribution in [0.25, 0.3) is 0 Å². The Balaban J connectivity index is 2.69. The third-order valence-electron chi connectivity index (χ3n) is 2.62. The van der Waals surface area contributed by atoms with Crippen molar-refractivity contribution in [2.75, 3.05) is 12.4 Å². The second-order valence-corrected chi connectivity index (χ2v) is 4.44. The summed E-state index contributed by atoms with van der Waals surface area (Å²) in [5.41, 5.74) is 0.394. The molecule has 0 aliphatic carbocycles. The molecule has 0 spiro atoms. The second-order valence-electron chi connectivity index (χ2n) is 4.44. The molecule has 0 fully saturated rings. The van der Waals surface area contributed by atoms with E-state index in [2.05, 4.69) is 5.32 Å². The second kappa shape index (κ2) is 5.64. The minimum Gasteiger partial charge on any atom is -0.481 e. The third kappa shape index (κ3) is 3.85. The molecule has 98 valence electrons. The summed E-state index contributed by atoms with van der Waals surface area (Å²) in [6.07, 6.45) is -0.0300. The van der Waals surface area contributed by atoms with Gasteiger partial charge in [0.15, 0.2) is 0 Å². The number of rotatable bonds is 5. The van der Waals surface area contributed by atoms with Crippen LogP contribution in [-0.4, -0.2) is 29.7 Å². The van der Waals surface area contributed by atoms with Crippen molar-refractivity contribution in [3.8, 4) is 0 Å². The van der Waals surface area contributed by atoms with E-state index < -0.39 is 11.6 Å². The Labute approximate surface area is 106 Å². The lowest BCUT2D eigenvalue weighted by Gasteiger charge is -2.21. The fourth-order valence-electron chi connectivity index (χ4n) is 1.25. The zero-order chi connectivity index (χ0) is 13.8. The first-order valence-corrected chi connectivity index (χ1v) is 5.52. The van der Waals surface area contributed by atoms with Crippen LogP contribution in [0.5, 0.6) is 0 Å². The van der Waals surface area contributed by atoms with Gasteiger partial charge in [0.05, 0.1) is 6.42 Å². The molecule has 5 heteroatoms. The van der Waals surface area contributed by atoms with E-state index in [9.17, 15) is 9.59 Å². The predicted molar refractivity (Wildman–Crippen MR) is 67.5 cm³/mol. The topological polar surface area (TPSA) is 75.6 Å². The molecule has 0 aromatic heterocycles. The summed E-state index contributed by atoms with van der Waals surface area (Å²) >= 11 is 0. The Morgan fingerprint density at radius 2 is 1.83 bits per heavy atom. The monoisotopic (exact) mass is 251 g/mol. The van der Waals surface area contributed by atoms with Crippen LogP contribution in [0.1, 0.15) is 19.4 Å². The van der Waals surface area contributed by atoms with Crippen molar-refractivity contribution >= 4 is 17.6 Å². The summed E-state index contributed by atoms with van der Waals surface area (Å²) in [6, 6.07) is 6.68. The number of benzene rings is 1. The molecule has 5 nitrogen and oxygen atoms in total. The zero-order valence-corrected chi connectivity index (χ0v) is 10.7. The van der Waals surface area contributed by atoms with Gasteiger partial charge in [-0.2, -0.15) is 0 Å². The van der Waals surface area contributed by atoms with Crippen molar-refractivity contribution in [1.82, 2.24) is 0 Å². The largest absolute Gasteiger partial charge is 0.481 e. The van der Waals surface area contributed by atoms with Crippen molar-refractivity contribution in [1.29, 1.82) is 0 Å². The van der Waals surface area contributed by atoms with E-state index in [0.29, 0.717) is 11.3 Å². The molecule has 0 aliphatic rings. The average molecular weight is 251 g/mol. The number of nitrogens with one attached hydrogen (secondary N) is 1. The number of hydrogen-bond acceptors (Lipinski definition) is 3. The molecule has 0 atom stereocenters. The first kappa shape index (κ1) is 14.2. The molecule has 2 N–H and O–H groups in total. The van der Waals surface area contributed by atoms with Crippen LogP contribution < -0.4 is 5.32 Å². The number of carbonyl (C=O) groups excluding carboxylic acids is 1. The van der Waals surface area contributed by atoms with Crippen LogP contribution in [0.3, 0.4) is 0 Å². The number of carboxylic acid groups (broad SMARTS) is 1. The van der Waals surface area contributed by atoms with Crippen molar-refractivity contribution in [2.24, 2.45) is 0 Å². The summed E-state index contributed by atoms with van der Waals surface area (Å²) in [4.78, 5) is 22.3. The SMILES string of the molecule is COC(C)(C)C(=O)Nc1ccc(CC(=O)O)cc1. The predicted octanol–water partition coefficient (Wildman–Crippen LogP) is 1.68. The maximum Gasteiger partial charge on any atom is 0.307 e. The van der Waals surface area contributed by atoms with E-state index in [0.717, 1.165) is 0 Å². The number of carbonyl (C=O) groups is 2. The lowest BCUT2D eigenvalue weighted by molar-refractivity contribution is -0.136. The van der Waals surface area contributed by atoms with Crippen LogP contribution in [0, 0.1) is 0 Å². The molecule has 0 saturated heterocycles. The highest BCUT2D eigenvalue weighted by Gasteiger charge is 2.26. The average Bonchev–Trinajstić information content (AvgIpc) is 2.31. The van der Waals surface area contributed by atoms with Crippen molar-refractivity contribution in [2.45, 2.75) is 25.9 Å². The zero-order valence-electron chi connectivity index (χ0n) is 10.7. The molecule has 1 aromatic rings. The molecule has 0 bridgehead atoms. The number of methoxy groups -OCH3 is 1. The molecular weight excluding hydrogens is 234 g/mol. The smallest absolute Gasteiger partial charge is 0.307 e. The van der Waals surface area contributed by atoms with Gasteiger partial charge in [0.25, 0.3) is 5.91 Å². The lowest BCUT2D eigenvalue weighted by atomic mass is 10.1. The maximum absolute atomic E-state index is 11.8. The number of hydrogen-bond donors (Lipinski definition) is 2. The Bertz CT molecular complexity index is 437. The molecular formula is C13H17NO4. The van der Waals surface area contributed by atoms with Crippen LogP contribution in [-0.2, 0) is 20.7 Å². The molecule has 1 amide bonds. The molecule has 1 aromatic carbocycles. The van der Waals surface area contributed by atoms with Crippen LogP contribution in [0.4, 0.5) is 5.69 Å². The molecule has 18 heavy (non-hydrogen) atoms. The number of aliphatic carboxylic acids is 1. The number of carboxylic acids is 1. The number of amides is 1. The van der Waals surface area contributed by atoms with Crippen molar-refractivity contribution in [3.63, 3.8) is 0 Å². The van der Waals surface area contributed by atoms with Gasteiger partial charge in [0.1, 0.15) is 5.60 Å². The molecule has 0 radical (unpaired) electrons. The normalized spacial score (nSPS) is 11.1. The first-order valence-electron chi connectivity index (χ1n) is 5.52. The molecule has 1 rings (SSSR count). The highest BCUT2D eigenvalue weighted by Crippen LogP contribution is 2.14. The van der Waals surface area contributed by atoms with Crippen molar-refractivity contribution in [3.05, 3.63) is 29.8 Å². The van der Waals surface area contributed by atoms with Crippen LogP contribution in [0.2, 0.25) is 0 Å². The summed E-state index contributed by atoms with van der Waals surface area (Å²) in [5, 5.41) is 11.3. The highest BCUT2D eigenvalue weighted by atomic mass is 16.5. The van der Waals surface area contributed by atoms with Gasteiger partial charge in [-0.25, -0.2) is 0 Å². The molecule has 0 heterocycles. The Morgan fingerprint density at radius 3 is 2.28 bits per heavy atom. The summed E-state index contributed by atoms with van der Waals surface area (Å²) in [5.74, 6) is -1.14. The lowest BCUT2D eigenvalue weighted by Crippen LogP contribution is -2.38. The van der Waals surface area contributed by atoms with Gasteiger partial charge in [-0.3, -0.25) is 9.59 Å². The quantitative estimate of drug-likeness (QED) is 0.834. The summed E-state index contributed by atoms with van der Waals surface area (Å²) in [7, 11) is 1.47. The van der Waals surface area contributed by atoms with Gasteiger partial charge in [-0.15, -0.1) is 0 Å². The fourth-order valence-corrected chi connectivity index (χ4v) is 1.25. The fraction of sp³-hybridized carbons (Fsp3) is 0.385. The van der Waals surface area contributed by atoms with Crippen molar-refractivity contribution < 1.29 is 19.4 Å². The molecule has 0 unspecified atom stereocenters. The molecule has 0 aliphatic heterocycles. The van der Waals surface area contributed by atoms with Crippen LogP contribution in [0.15, 0.2) is 24.3 Å². The van der Waals surface area contributed by atoms with E-state index in [-0.39, 0.29) is 12.3 Å². The standard InChI is InChI=1S/C13H17NO4/c1-13(2,18-3)12(17)14-10-6-4-9(5-7-10)8-11(15)16/h4-7H,8H2,1-3H3,(H,14,17)(H,15,16). The minimum atomic E-state index is -0.903. The third-order valence-corrected chi connectivity index (χ3v) is 2.62. The minimum absolute atomic E-state index is 0.0300. The van der Waals surface area contributed by atoms with E-state index in [1.165, 1.54) is 7.11 Å².